The molecule has 4 heteroatoms. The summed E-state index contributed by atoms with van der Waals surface area (Å²) < 4.78 is 18.6. The highest BCUT2D eigenvalue weighted by Crippen LogP contribution is 2.61. The van der Waals surface area contributed by atoms with Crippen molar-refractivity contribution in [3.63, 3.8) is 0 Å². The predicted molar refractivity (Wildman–Crippen MR) is 88.6 cm³/mol. The van der Waals surface area contributed by atoms with Crippen LogP contribution in [0.4, 0.5) is 0 Å². The first-order chi connectivity index (χ1) is 10.5. The summed E-state index contributed by atoms with van der Waals surface area (Å²) >= 11 is 0. The van der Waals surface area contributed by atoms with Crippen LogP contribution in [0, 0.1) is 11.6 Å². The lowest BCUT2D eigenvalue weighted by molar-refractivity contribution is 0.122. The zero-order valence-electron chi connectivity index (χ0n) is 12.7. The molecule has 2 atom stereocenters. The van der Waals surface area contributed by atoms with Crippen LogP contribution in [0.1, 0.15) is 25.0 Å². The van der Waals surface area contributed by atoms with Crippen molar-refractivity contribution >= 4 is 7.37 Å². The van der Waals surface area contributed by atoms with E-state index in [0.29, 0.717) is 5.56 Å². The van der Waals surface area contributed by atoms with Gasteiger partial charge in [0.15, 0.2) is 5.34 Å². The molecule has 0 saturated carbocycles. The molecule has 0 spiro atoms. The van der Waals surface area contributed by atoms with Crippen molar-refractivity contribution in [1.82, 2.24) is 0 Å². The van der Waals surface area contributed by atoms with E-state index in [9.17, 15) is 9.67 Å². The first-order valence-corrected chi connectivity index (χ1v) is 8.73. The molecule has 0 aliphatic carbocycles. The first-order valence-electron chi connectivity index (χ1n) is 7.10. The number of aliphatic hydroxyl groups is 1. The Bertz CT molecular complexity index is 712. The Morgan fingerprint density at radius 3 is 2.18 bits per heavy atom. The lowest BCUT2D eigenvalue weighted by atomic mass is 10.1. The van der Waals surface area contributed by atoms with Gasteiger partial charge in [-0.25, -0.2) is 0 Å². The van der Waals surface area contributed by atoms with Crippen LogP contribution in [0.15, 0.2) is 60.7 Å². The third kappa shape index (κ3) is 3.48. The molecule has 0 radical (unpaired) electrons. The summed E-state index contributed by atoms with van der Waals surface area (Å²) in [7, 11) is -3.62. The van der Waals surface area contributed by atoms with E-state index in [-0.39, 0.29) is 6.61 Å². The van der Waals surface area contributed by atoms with Gasteiger partial charge in [0.05, 0.1) is 6.61 Å². The molecule has 0 aliphatic heterocycles. The lowest BCUT2D eigenvalue weighted by Crippen LogP contribution is -2.22. The van der Waals surface area contributed by atoms with Crippen LogP contribution in [0.3, 0.4) is 0 Å². The predicted octanol–water partition coefficient (Wildman–Crippen LogP) is 4.18. The lowest BCUT2D eigenvalue weighted by Gasteiger charge is -2.29. The van der Waals surface area contributed by atoms with Gasteiger partial charge in [0.1, 0.15) is 0 Å². The van der Waals surface area contributed by atoms with E-state index < -0.39 is 12.7 Å². The third-order valence-corrected chi connectivity index (χ3v) is 5.76. The fourth-order valence-electron chi connectivity index (χ4n) is 2.03. The van der Waals surface area contributed by atoms with Crippen LogP contribution in [0.25, 0.3) is 0 Å². The number of hydrogen-bond acceptors (Lipinski definition) is 3. The summed E-state index contributed by atoms with van der Waals surface area (Å²) in [6.07, 6.45) is 0. The first kappa shape index (κ1) is 16.5. The van der Waals surface area contributed by atoms with Crippen molar-refractivity contribution in [3.05, 3.63) is 71.8 Å². The summed E-state index contributed by atoms with van der Waals surface area (Å²) in [6.45, 7) is 3.43. The summed E-state index contributed by atoms with van der Waals surface area (Å²) in [5, 5.41) is 9.16. The summed E-state index contributed by atoms with van der Waals surface area (Å²) in [5.74, 6) is 2.85. The average Bonchev–Trinajstić information content (AvgIpc) is 2.55. The molecular weight excluding hydrogens is 295 g/mol. The topological polar surface area (TPSA) is 46.5 Å². The third-order valence-electron chi connectivity index (χ3n) is 3.33. The number of rotatable bonds is 4. The van der Waals surface area contributed by atoms with E-state index in [2.05, 4.69) is 11.6 Å². The van der Waals surface area contributed by atoms with Crippen molar-refractivity contribution < 1.29 is 14.2 Å². The summed E-state index contributed by atoms with van der Waals surface area (Å²) in [4.78, 5) is 0. The zero-order chi connectivity index (χ0) is 16.1. The maximum Gasteiger partial charge on any atom is 0.308 e. The molecular formula is C18H19O3P. The maximum absolute atomic E-state index is 13.2. The Kier molecular flexibility index (Phi) is 5.21. The van der Waals surface area contributed by atoms with Gasteiger partial charge in [-0.2, -0.15) is 0 Å². The minimum atomic E-state index is -3.62. The van der Waals surface area contributed by atoms with E-state index >= 15 is 0 Å². The molecule has 3 nitrogen and oxygen atoms in total. The molecule has 0 bridgehead atoms. The molecule has 0 heterocycles. The number of hydrogen-bond donors (Lipinski definition) is 1. The Morgan fingerprint density at radius 2 is 1.64 bits per heavy atom. The molecule has 2 rings (SSSR count). The standard InChI is InChI=1S/C18H19O3P/c1-3-21-22(20,15-14-16-10-6-4-7-11-16)18(2,19)17-12-8-5-9-13-17/h4-13,19H,3H2,1-2H3/t18-,22-/m0/s1. The highest BCUT2D eigenvalue weighted by molar-refractivity contribution is 7.65. The van der Waals surface area contributed by atoms with Gasteiger partial charge < -0.3 is 9.63 Å². The highest BCUT2D eigenvalue weighted by atomic mass is 31.2. The van der Waals surface area contributed by atoms with Gasteiger partial charge in [-0.1, -0.05) is 54.5 Å². The zero-order valence-corrected chi connectivity index (χ0v) is 13.6. The summed E-state index contributed by atoms with van der Waals surface area (Å²) in [5.41, 5.74) is 3.94. The Labute approximate surface area is 131 Å². The maximum atomic E-state index is 13.2. The molecule has 0 aliphatic rings. The molecule has 2 aromatic carbocycles. The van der Waals surface area contributed by atoms with Crippen molar-refractivity contribution in [2.75, 3.05) is 6.61 Å². The second-order valence-electron chi connectivity index (χ2n) is 4.96. The minimum absolute atomic E-state index is 0.212. The van der Waals surface area contributed by atoms with Crippen molar-refractivity contribution in [3.8, 4) is 11.6 Å². The Balaban J connectivity index is 2.45. The van der Waals surface area contributed by atoms with Crippen LogP contribution in [-0.4, -0.2) is 11.7 Å². The van der Waals surface area contributed by atoms with Gasteiger partial charge in [0.2, 0.25) is 0 Å². The molecule has 114 valence electrons. The van der Waals surface area contributed by atoms with E-state index in [1.54, 1.807) is 31.2 Å². The largest absolute Gasteiger partial charge is 0.374 e. The Morgan fingerprint density at radius 1 is 1.09 bits per heavy atom. The molecule has 2 aromatic rings. The van der Waals surface area contributed by atoms with E-state index in [4.69, 9.17) is 4.52 Å². The highest BCUT2D eigenvalue weighted by Gasteiger charge is 2.44. The normalized spacial score (nSPS) is 16.0. The van der Waals surface area contributed by atoms with Crippen LogP contribution in [0.2, 0.25) is 0 Å². The second kappa shape index (κ2) is 6.94. The van der Waals surface area contributed by atoms with Gasteiger partial charge >= 0.3 is 7.37 Å². The quantitative estimate of drug-likeness (QED) is 0.680. The van der Waals surface area contributed by atoms with E-state index in [0.717, 1.165) is 5.56 Å². The van der Waals surface area contributed by atoms with Crippen LogP contribution in [-0.2, 0) is 14.4 Å². The van der Waals surface area contributed by atoms with Crippen LogP contribution >= 0.6 is 7.37 Å². The molecule has 0 aromatic heterocycles. The SMILES string of the molecule is CCO[P@@](=O)(C#Cc1ccccc1)[C@](C)(O)c1ccccc1. The molecule has 0 fully saturated rings. The fourth-order valence-corrected chi connectivity index (χ4v) is 3.69. The van der Waals surface area contributed by atoms with Crippen LogP contribution in [0.5, 0.6) is 0 Å². The van der Waals surface area contributed by atoms with Crippen molar-refractivity contribution in [1.29, 1.82) is 0 Å². The van der Waals surface area contributed by atoms with E-state index in [1.165, 1.54) is 6.92 Å². The smallest absolute Gasteiger partial charge is 0.308 e. The van der Waals surface area contributed by atoms with Gasteiger partial charge in [-0.3, -0.25) is 4.57 Å². The Hall–Kier alpha value is -1.85. The van der Waals surface area contributed by atoms with Gasteiger partial charge in [0.25, 0.3) is 0 Å². The van der Waals surface area contributed by atoms with Gasteiger partial charge in [-0.15, -0.1) is 0 Å². The molecule has 22 heavy (non-hydrogen) atoms. The molecule has 0 amide bonds. The molecule has 0 unspecified atom stereocenters. The monoisotopic (exact) mass is 314 g/mol. The van der Waals surface area contributed by atoms with Gasteiger partial charge in [-0.05, 0) is 37.2 Å². The van der Waals surface area contributed by atoms with Crippen LogP contribution < -0.4 is 0 Å². The fraction of sp³-hybridized carbons (Fsp3) is 0.222. The summed E-state index contributed by atoms with van der Waals surface area (Å²) in [6, 6.07) is 18.1. The van der Waals surface area contributed by atoms with Crippen molar-refractivity contribution in [2.24, 2.45) is 0 Å². The average molecular weight is 314 g/mol. The minimum Gasteiger partial charge on any atom is -0.374 e. The number of benzene rings is 2. The molecule has 0 saturated heterocycles. The second-order valence-corrected chi connectivity index (χ2v) is 7.41. The molecule has 1 N–H and O–H groups in total. The van der Waals surface area contributed by atoms with E-state index in [1.807, 2.05) is 36.4 Å². The van der Waals surface area contributed by atoms with Crippen molar-refractivity contribution in [2.45, 2.75) is 19.2 Å². The van der Waals surface area contributed by atoms with Gasteiger partial charge in [0, 0.05) is 5.56 Å².